The van der Waals surface area contributed by atoms with E-state index >= 15 is 0 Å². The molecule has 3 rings (SSSR count). The summed E-state index contributed by atoms with van der Waals surface area (Å²) in [5.74, 6) is 0.822. The van der Waals surface area contributed by atoms with E-state index in [9.17, 15) is 0 Å². The Kier molecular flexibility index (Phi) is 7.62. The molecule has 0 saturated heterocycles. The number of benzene rings is 2. The third kappa shape index (κ3) is 5.52. The average molecular weight is 501 g/mol. The molecule has 0 spiro atoms. The van der Waals surface area contributed by atoms with Crippen molar-refractivity contribution in [2.75, 3.05) is 7.11 Å². The molecule has 2 aromatic rings. The standard InChI is InChI=1S/C28H44O4Si2/c1-27(2,3)33(8,9)31-25-23-19-21(29-7)17-18-22(23)26(32-34(10,11)28(4,5)6)30-24(25)20-15-13-12-14-16-20/h12-19,24-26H,1-11H3/t24-,25-,26+/m0/s1. The number of hydrogen-bond acceptors (Lipinski definition) is 4. The molecule has 188 valence electrons. The molecule has 1 aliphatic rings. The average Bonchev–Trinajstić information content (AvgIpc) is 2.73. The van der Waals surface area contributed by atoms with E-state index in [0.717, 1.165) is 22.4 Å². The third-order valence-corrected chi connectivity index (χ3v) is 16.8. The van der Waals surface area contributed by atoms with Gasteiger partial charge < -0.3 is 18.3 Å². The van der Waals surface area contributed by atoms with Crippen molar-refractivity contribution in [1.29, 1.82) is 0 Å². The van der Waals surface area contributed by atoms with Gasteiger partial charge in [-0.25, -0.2) is 0 Å². The van der Waals surface area contributed by atoms with Crippen LogP contribution in [0.5, 0.6) is 5.75 Å². The van der Waals surface area contributed by atoms with E-state index in [0.29, 0.717) is 0 Å². The first-order valence-corrected chi connectivity index (χ1v) is 18.1. The summed E-state index contributed by atoms with van der Waals surface area (Å²) in [5.41, 5.74) is 3.25. The summed E-state index contributed by atoms with van der Waals surface area (Å²) in [5, 5.41) is 0.140. The van der Waals surface area contributed by atoms with Crippen molar-refractivity contribution in [3.05, 3.63) is 65.2 Å². The molecule has 3 atom stereocenters. The van der Waals surface area contributed by atoms with E-state index in [1.165, 1.54) is 0 Å². The smallest absolute Gasteiger partial charge is 0.195 e. The van der Waals surface area contributed by atoms with Crippen LogP contribution in [0.1, 0.15) is 76.7 Å². The molecule has 1 heterocycles. The van der Waals surface area contributed by atoms with Gasteiger partial charge in [0.25, 0.3) is 0 Å². The Morgan fingerprint density at radius 1 is 0.735 bits per heavy atom. The Hall–Kier alpha value is -1.45. The van der Waals surface area contributed by atoms with Crippen molar-refractivity contribution in [1.82, 2.24) is 0 Å². The number of ether oxygens (including phenoxy) is 2. The van der Waals surface area contributed by atoms with Crippen LogP contribution in [0.4, 0.5) is 0 Å². The van der Waals surface area contributed by atoms with Crippen molar-refractivity contribution in [2.45, 2.75) is 96.3 Å². The Bertz CT molecular complexity index is 974. The van der Waals surface area contributed by atoms with Crippen molar-refractivity contribution in [2.24, 2.45) is 0 Å². The summed E-state index contributed by atoms with van der Waals surface area (Å²) in [6.45, 7) is 22.7. The van der Waals surface area contributed by atoms with Gasteiger partial charge in [-0.2, -0.15) is 0 Å². The zero-order valence-corrected chi connectivity index (χ0v) is 25.0. The predicted octanol–water partition coefficient (Wildman–Crippen LogP) is 8.55. The highest BCUT2D eigenvalue weighted by atomic mass is 28.4. The monoisotopic (exact) mass is 500 g/mol. The van der Waals surface area contributed by atoms with Crippen LogP contribution >= 0.6 is 0 Å². The molecule has 1 aliphatic heterocycles. The summed E-state index contributed by atoms with van der Waals surface area (Å²) in [7, 11) is -2.50. The van der Waals surface area contributed by atoms with Crippen LogP contribution in [-0.4, -0.2) is 23.7 Å². The minimum atomic E-state index is -2.11. The maximum Gasteiger partial charge on any atom is 0.195 e. The van der Waals surface area contributed by atoms with Crippen molar-refractivity contribution in [3.63, 3.8) is 0 Å². The molecule has 0 unspecified atom stereocenters. The van der Waals surface area contributed by atoms with E-state index in [-0.39, 0.29) is 22.3 Å². The zero-order chi connectivity index (χ0) is 25.5. The highest BCUT2D eigenvalue weighted by Crippen LogP contribution is 2.52. The number of methoxy groups -OCH3 is 1. The molecule has 0 saturated carbocycles. The molecule has 0 N–H and O–H groups in total. The SMILES string of the molecule is COc1ccc2c(c1)[C@H](O[Si](C)(C)C(C)(C)C)[C@H](c1ccccc1)O[C@@H]2O[Si](C)(C)C(C)(C)C. The minimum absolute atomic E-state index is 0.0692. The van der Waals surface area contributed by atoms with E-state index in [4.69, 9.17) is 18.3 Å². The van der Waals surface area contributed by atoms with E-state index in [1.807, 2.05) is 12.1 Å². The van der Waals surface area contributed by atoms with Gasteiger partial charge in [-0.3, -0.25) is 0 Å². The minimum Gasteiger partial charge on any atom is -0.497 e. The van der Waals surface area contributed by atoms with Gasteiger partial charge in [0, 0.05) is 5.56 Å². The normalized spacial score (nSPS) is 21.8. The maximum atomic E-state index is 7.10. The molecule has 4 nitrogen and oxygen atoms in total. The van der Waals surface area contributed by atoms with Crippen molar-refractivity contribution >= 4 is 16.6 Å². The first-order chi connectivity index (χ1) is 15.6. The first kappa shape index (κ1) is 27.1. The van der Waals surface area contributed by atoms with E-state index < -0.39 is 22.9 Å². The fraction of sp³-hybridized carbons (Fsp3) is 0.571. The van der Waals surface area contributed by atoms with Gasteiger partial charge in [-0.15, -0.1) is 0 Å². The second-order valence-electron chi connectivity index (χ2n) is 12.5. The van der Waals surface area contributed by atoms with E-state index in [1.54, 1.807) is 7.11 Å². The lowest BCUT2D eigenvalue weighted by atomic mass is 9.91. The van der Waals surface area contributed by atoms with Crippen LogP contribution in [0.2, 0.25) is 36.3 Å². The fourth-order valence-electron chi connectivity index (χ4n) is 3.63. The van der Waals surface area contributed by atoms with Crippen LogP contribution in [0.25, 0.3) is 0 Å². The molecule has 6 heteroatoms. The number of fused-ring (bicyclic) bond motifs is 1. The Labute approximate surface area is 209 Å². The predicted molar refractivity (Wildman–Crippen MR) is 145 cm³/mol. The lowest BCUT2D eigenvalue weighted by molar-refractivity contribution is -0.177. The summed E-state index contributed by atoms with van der Waals surface area (Å²) >= 11 is 0. The molecule has 0 aromatic heterocycles. The maximum absolute atomic E-state index is 7.10. The summed E-state index contributed by atoms with van der Waals surface area (Å²) < 4.78 is 26.5. The quantitative estimate of drug-likeness (QED) is 0.372. The molecule has 0 fully saturated rings. The molecule has 0 aliphatic carbocycles. The lowest BCUT2D eigenvalue weighted by Gasteiger charge is -2.47. The van der Waals surface area contributed by atoms with Gasteiger partial charge in [-0.1, -0.05) is 71.9 Å². The molecule has 34 heavy (non-hydrogen) atoms. The number of hydrogen-bond donors (Lipinski definition) is 0. The Morgan fingerprint density at radius 2 is 1.29 bits per heavy atom. The van der Waals surface area contributed by atoms with Crippen LogP contribution in [0.15, 0.2) is 48.5 Å². The van der Waals surface area contributed by atoms with Crippen LogP contribution in [-0.2, 0) is 13.6 Å². The fourth-order valence-corrected chi connectivity index (χ4v) is 5.94. The van der Waals surface area contributed by atoms with Gasteiger partial charge >= 0.3 is 0 Å². The van der Waals surface area contributed by atoms with Crippen LogP contribution < -0.4 is 4.74 Å². The summed E-state index contributed by atoms with van der Waals surface area (Å²) in [6, 6.07) is 16.6. The zero-order valence-electron chi connectivity index (χ0n) is 23.0. The van der Waals surface area contributed by atoms with Crippen molar-refractivity contribution < 1.29 is 18.3 Å². The second kappa shape index (κ2) is 9.54. The molecule has 0 bridgehead atoms. The molecule has 0 radical (unpaired) electrons. The highest BCUT2D eigenvalue weighted by molar-refractivity contribution is 6.74. The topological polar surface area (TPSA) is 36.9 Å². The molecule has 0 amide bonds. The summed E-state index contributed by atoms with van der Waals surface area (Å²) in [6.07, 6.45) is -0.969. The highest BCUT2D eigenvalue weighted by Gasteiger charge is 2.48. The van der Waals surface area contributed by atoms with Gasteiger partial charge in [-0.05, 0) is 65.6 Å². The van der Waals surface area contributed by atoms with Crippen LogP contribution in [0.3, 0.4) is 0 Å². The van der Waals surface area contributed by atoms with Gasteiger partial charge in [0.1, 0.15) is 18.0 Å². The van der Waals surface area contributed by atoms with Gasteiger partial charge in [0.2, 0.25) is 0 Å². The largest absolute Gasteiger partial charge is 0.497 e. The third-order valence-electron chi connectivity index (χ3n) is 7.96. The Morgan fingerprint density at radius 3 is 1.82 bits per heavy atom. The van der Waals surface area contributed by atoms with Gasteiger partial charge in [0.15, 0.2) is 22.9 Å². The van der Waals surface area contributed by atoms with Crippen LogP contribution in [0, 0.1) is 0 Å². The van der Waals surface area contributed by atoms with Gasteiger partial charge in [0.05, 0.1) is 7.11 Å². The Balaban J connectivity index is 2.17. The molecular formula is C28H44O4Si2. The molecular weight excluding hydrogens is 456 g/mol. The first-order valence-electron chi connectivity index (χ1n) is 12.3. The van der Waals surface area contributed by atoms with E-state index in [2.05, 4.69) is 104 Å². The molecule has 2 aromatic carbocycles. The van der Waals surface area contributed by atoms with Crippen molar-refractivity contribution in [3.8, 4) is 5.75 Å². The number of rotatable bonds is 6. The summed E-state index contributed by atoms with van der Waals surface area (Å²) in [4.78, 5) is 0. The second-order valence-corrected chi connectivity index (χ2v) is 22.0. The lowest BCUT2D eigenvalue weighted by Crippen LogP contribution is -2.46.